The van der Waals surface area contributed by atoms with Crippen molar-refractivity contribution in [2.75, 3.05) is 0 Å². The van der Waals surface area contributed by atoms with Gasteiger partial charge < -0.3 is 19.3 Å². The van der Waals surface area contributed by atoms with Crippen LogP contribution < -0.4 is 0 Å². The number of esters is 2. The predicted octanol–water partition coefficient (Wildman–Crippen LogP) is 1.44. The van der Waals surface area contributed by atoms with Crippen LogP contribution in [-0.2, 0) is 28.6 Å². The third kappa shape index (κ3) is 2.65. The summed E-state index contributed by atoms with van der Waals surface area (Å²) in [6, 6.07) is 0. The fraction of sp³-hybridized carbons (Fsp3) is 0.632. The van der Waals surface area contributed by atoms with Gasteiger partial charge in [-0.1, -0.05) is 27.4 Å². The van der Waals surface area contributed by atoms with Gasteiger partial charge in [0.25, 0.3) is 0 Å². The number of rotatable bonds is 2. The van der Waals surface area contributed by atoms with Crippen LogP contribution in [0.2, 0.25) is 0 Å². The topological polar surface area (TPSA) is 99.1 Å². The van der Waals surface area contributed by atoms with E-state index >= 15 is 0 Å². The molecule has 26 heavy (non-hydrogen) atoms. The highest BCUT2D eigenvalue weighted by atomic mass is 16.6. The van der Waals surface area contributed by atoms with Gasteiger partial charge in [-0.2, -0.15) is 0 Å². The van der Waals surface area contributed by atoms with Crippen molar-refractivity contribution >= 4 is 17.7 Å². The van der Waals surface area contributed by atoms with Crippen LogP contribution in [0.5, 0.6) is 0 Å². The van der Waals surface area contributed by atoms with Crippen LogP contribution in [0.3, 0.4) is 0 Å². The minimum absolute atomic E-state index is 0.111. The molecule has 5 atom stereocenters. The lowest BCUT2D eigenvalue weighted by molar-refractivity contribution is -0.179. The van der Waals surface area contributed by atoms with Crippen molar-refractivity contribution in [2.45, 2.75) is 63.9 Å². The Bertz CT molecular complexity index is 721. The van der Waals surface area contributed by atoms with Gasteiger partial charge in [-0.15, -0.1) is 0 Å². The van der Waals surface area contributed by atoms with Crippen molar-refractivity contribution in [3.63, 3.8) is 0 Å². The molecule has 3 rings (SSSR count). The third-order valence-corrected chi connectivity index (χ3v) is 5.46. The molecule has 7 nitrogen and oxygen atoms in total. The van der Waals surface area contributed by atoms with E-state index in [1.165, 1.54) is 6.08 Å². The average molecular weight is 364 g/mol. The van der Waals surface area contributed by atoms with Crippen molar-refractivity contribution in [3.05, 3.63) is 24.0 Å². The zero-order valence-electron chi connectivity index (χ0n) is 15.4. The van der Waals surface area contributed by atoms with Crippen molar-refractivity contribution in [2.24, 2.45) is 11.8 Å². The monoisotopic (exact) mass is 364 g/mol. The van der Waals surface area contributed by atoms with Gasteiger partial charge in [0, 0.05) is 18.4 Å². The van der Waals surface area contributed by atoms with Gasteiger partial charge in [0.05, 0.1) is 11.5 Å². The summed E-state index contributed by atoms with van der Waals surface area (Å²) in [6.07, 6.45) is -0.605. The first-order valence-corrected chi connectivity index (χ1v) is 8.77. The number of ether oxygens (including phenoxy) is 3. The van der Waals surface area contributed by atoms with E-state index in [1.54, 1.807) is 20.8 Å². The minimum atomic E-state index is -1.91. The first kappa shape index (κ1) is 18.6. The van der Waals surface area contributed by atoms with Crippen molar-refractivity contribution < 1.29 is 33.7 Å². The maximum absolute atomic E-state index is 12.5. The normalized spacial score (nSPS) is 39.4. The van der Waals surface area contributed by atoms with Crippen molar-refractivity contribution in [1.29, 1.82) is 0 Å². The third-order valence-electron chi connectivity index (χ3n) is 5.46. The van der Waals surface area contributed by atoms with Gasteiger partial charge in [0.15, 0.2) is 11.2 Å². The molecule has 0 amide bonds. The molecule has 0 radical (unpaired) electrons. The van der Waals surface area contributed by atoms with Crippen LogP contribution >= 0.6 is 0 Å². The summed E-state index contributed by atoms with van der Waals surface area (Å²) in [6.45, 7) is 10.4. The first-order valence-electron chi connectivity index (χ1n) is 8.77. The Morgan fingerprint density at radius 3 is 2.69 bits per heavy atom. The first-order chi connectivity index (χ1) is 12.0. The Balaban J connectivity index is 2.08. The lowest BCUT2D eigenvalue weighted by Gasteiger charge is -2.37. The summed E-state index contributed by atoms with van der Waals surface area (Å²) < 4.78 is 16.8. The van der Waals surface area contributed by atoms with Crippen LogP contribution in [0.4, 0.5) is 0 Å². The quantitative estimate of drug-likeness (QED) is 0.585. The fourth-order valence-electron chi connectivity index (χ4n) is 3.64. The molecule has 0 aliphatic carbocycles. The molecule has 3 heterocycles. The molecule has 0 saturated carbocycles. The summed E-state index contributed by atoms with van der Waals surface area (Å²) in [5, 5.41) is 11.4. The molecule has 1 N–H and O–H groups in total. The second-order valence-corrected chi connectivity index (χ2v) is 7.86. The highest BCUT2D eigenvalue weighted by Crippen LogP contribution is 2.46. The average Bonchev–Trinajstić information content (AvgIpc) is 2.97. The summed E-state index contributed by atoms with van der Waals surface area (Å²) in [4.78, 5) is 36.9. The molecule has 0 aromatic carbocycles. The van der Waals surface area contributed by atoms with Gasteiger partial charge in [-0.05, 0) is 13.3 Å². The number of hydrogen-bond acceptors (Lipinski definition) is 7. The van der Waals surface area contributed by atoms with Gasteiger partial charge >= 0.3 is 11.9 Å². The number of allylic oxidation sites excluding steroid dienone is 1. The van der Waals surface area contributed by atoms with E-state index in [0.29, 0.717) is 5.76 Å². The van der Waals surface area contributed by atoms with E-state index in [-0.39, 0.29) is 30.1 Å². The van der Waals surface area contributed by atoms with Crippen molar-refractivity contribution in [3.8, 4) is 0 Å². The molecule has 0 aromatic rings. The van der Waals surface area contributed by atoms with E-state index in [1.807, 2.05) is 6.92 Å². The Morgan fingerprint density at radius 1 is 1.42 bits per heavy atom. The van der Waals surface area contributed by atoms with Crippen LogP contribution in [0, 0.1) is 11.8 Å². The van der Waals surface area contributed by atoms with Crippen LogP contribution in [0.1, 0.15) is 40.5 Å². The molecule has 142 valence electrons. The van der Waals surface area contributed by atoms with Gasteiger partial charge in [0.2, 0.25) is 5.78 Å². The molecular formula is C19H24O7. The fourth-order valence-corrected chi connectivity index (χ4v) is 3.64. The molecule has 3 aliphatic heterocycles. The Hall–Kier alpha value is -2.15. The second-order valence-electron chi connectivity index (χ2n) is 7.86. The van der Waals surface area contributed by atoms with E-state index in [9.17, 15) is 19.5 Å². The zero-order chi connectivity index (χ0) is 19.4. The molecule has 7 heteroatoms. The lowest BCUT2D eigenvalue weighted by Crippen LogP contribution is -2.55. The molecule has 3 aliphatic rings. The standard InChI is InChI=1S/C19H24O7/c1-9(2)16(21)25-15-8-18(5)13(20)7-12(26-18)10(3)6-14-19(15,23)11(4)17(22)24-14/h7,9-10,14-15,23H,4,6,8H2,1-3,5H3/t10-,14+,15+,18+,19+/m0/s1. The number of carbonyl (C=O) groups is 3. The number of ketones is 1. The number of carbonyl (C=O) groups excluding carboxylic acids is 3. The molecule has 2 bridgehead atoms. The van der Waals surface area contributed by atoms with Gasteiger partial charge in [-0.3, -0.25) is 9.59 Å². The van der Waals surface area contributed by atoms with Gasteiger partial charge in [-0.25, -0.2) is 4.79 Å². The predicted molar refractivity (Wildman–Crippen MR) is 89.7 cm³/mol. The highest BCUT2D eigenvalue weighted by molar-refractivity contribution is 5.99. The summed E-state index contributed by atoms with van der Waals surface area (Å²) in [5.41, 5.74) is -3.37. The van der Waals surface area contributed by atoms with Crippen LogP contribution in [-0.4, -0.2) is 46.2 Å². The Kier molecular flexibility index (Phi) is 4.26. The molecule has 0 spiro atoms. The van der Waals surface area contributed by atoms with Crippen LogP contribution in [0.15, 0.2) is 24.0 Å². The lowest BCUT2D eigenvalue weighted by atomic mass is 9.77. The smallest absolute Gasteiger partial charge is 0.337 e. The minimum Gasteiger partial charge on any atom is -0.483 e. The van der Waals surface area contributed by atoms with E-state index in [2.05, 4.69) is 6.58 Å². The molecule has 0 aromatic heterocycles. The highest BCUT2D eigenvalue weighted by Gasteiger charge is 2.62. The Morgan fingerprint density at radius 2 is 2.08 bits per heavy atom. The van der Waals surface area contributed by atoms with Crippen LogP contribution in [0.25, 0.3) is 0 Å². The summed E-state index contributed by atoms with van der Waals surface area (Å²) >= 11 is 0. The summed E-state index contributed by atoms with van der Waals surface area (Å²) in [7, 11) is 0. The molecule has 2 fully saturated rings. The molecular weight excluding hydrogens is 340 g/mol. The maximum atomic E-state index is 12.5. The second kappa shape index (κ2) is 5.94. The SMILES string of the molecule is C=C1C(=O)O[C@@H]2C[C@H](C)C3=CC(=O)[C@@](C)(C[C@@H](OC(=O)C(C)C)[C@@]12O)O3. The maximum Gasteiger partial charge on any atom is 0.337 e. The number of hydrogen-bond donors (Lipinski definition) is 1. The molecule has 0 unspecified atom stereocenters. The molecule has 2 saturated heterocycles. The van der Waals surface area contributed by atoms with E-state index in [0.717, 1.165) is 0 Å². The van der Waals surface area contributed by atoms with Crippen molar-refractivity contribution in [1.82, 2.24) is 0 Å². The zero-order valence-corrected chi connectivity index (χ0v) is 15.4. The van der Waals surface area contributed by atoms with E-state index < -0.39 is 41.3 Å². The Labute approximate surface area is 152 Å². The number of fused-ring (bicyclic) bond motifs is 3. The van der Waals surface area contributed by atoms with Gasteiger partial charge in [0.1, 0.15) is 18.0 Å². The largest absolute Gasteiger partial charge is 0.483 e. The summed E-state index contributed by atoms with van der Waals surface area (Å²) in [5.74, 6) is -1.78. The van der Waals surface area contributed by atoms with E-state index in [4.69, 9.17) is 14.2 Å². The number of aliphatic hydroxyl groups is 1.